The number of nitrogens with one attached hydrogen (secondary N) is 1. The van der Waals surface area contributed by atoms with Crippen molar-refractivity contribution in [3.05, 3.63) is 88.1 Å². The number of pyridine rings is 1. The molecule has 2 aromatic carbocycles. The first-order valence-electron chi connectivity index (χ1n) is 8.40. The molecule has 0 aliphatic carbocycles. The van der Waals surface area contributed by atoms with Crippen LogP contribution in [0, 0.1) is 10.1 Å². The number of ether oxygens (including phenoxy) is 2. The van der Waals surface area contributed by atoms with Gasteiger partial charge in [0, 0.05) is 11.6 Å². The van der Waals surface area contributed by atoms with E-state index in [9.17, 15) is 10.1 Å². The average molecular weight is 378 g/mol. The molecule has 0 radical (unpaired) electrons. The molecule has 1 N–H and O–H groups in total. The zero-order valence-electron chi connectivity index (χ0n) is 15.1. The van der Waals surface area contributed by atoms with E-state index in [0.29, 0.717) is 29.5 Å². The molecule has 3 aromatic rings. The summed E-state index contributed by atoms with van der Waals surface area (Å²) >= 11 is 0. The van der Waals surface area contributed by atoms with E-state index in [-0.39, 0.29) is 5.69 Å². The number of methoxy groups -OCH3 is 1. The fraction of sp³-hybridized carbons (Fsp3) is 0.100. The van der Waals surface area contributed by atoms with Crippen molar-refractivity contribution in [2.45, 2.75) is 6.61 Å². The zero-order chi connectivity index (χ0) is 19.8. The van der Waals surface area contributed by atoms with E-state index in [0.717, 1.165) is 11.8 Å². The summed E-state index contributed by atoms with van der Waals surface area (Å²) in [6, 6.07) is 18.1. The van der Waals surface area contributed by atoms with Gasteiger partial charge in [0.15, 0.2) is 11.5 Å². The summed E-state index contributed by atoms with van der Waals surface area (Å²) < 4.78 is 11.3. The first-order valence-corrected chi connectivity index (χ1v) is 8.40. The van der Waals surface area contributed by atoms with Gasteiger partial charge in [-0.05, 0) is 23.8 Å². The summed E-state index contributed by atoms with van der Waals surface area (Å²) in [7, 11) is 1.57. The number of nitro groups is 1. The minimum Gasteiger partial charge on any atom is -0.493 e. The lowest BCUT2D eigenvalue weighted by molar-refractivity contribution is -0.385. The molecule has 0 bridgehead atoms. The van der Waals surface area contributed by atoms with Gasteiger partial charge in [-0.15, -0.1) is 0 Å². The molecule has 142 valence electrons. The monoisotopic (exact) mass is 378 g/mol. The minimum absolute atomic E-state index is 0.0843. The number of hydrogen-bond donors (Lipinski definition) is 1. The third kappa shape index (κ3) is 4.82. The van der Waals surface area contributed by atoms with Gasteiger partial charge in [0.2, 0.25) is 0 Å². The Balaban J connectivity index is 1.73. The Morgan fingerprint density at radius 3 is 2.64 bits per heavy atom. The van der Waals surface area contributed by atoms with Crippen molar-refractivity contribution in [3.63, 3.8) is 0 Å². The van der Waals surface area contributed by atoms with Crippen molar-refractivity contribution in [1.29, 1.82) is 0 Å². The van der Waals surface area contributed by atoms with Crippen LogP contribution in [0.5, 0.6) is 11.5 Å². The van der Waals surface area contributed by atoms with Crippen molar-refractivity contribution >= 4 is 17.7 Å². The fourth-order valence-corrected chi connectivity index (χ4v) is 2.41. The molecule has 0 unspecified atom stereocenters. The molecule has 0 fully saturated rings. The Morgan fingerprint density at radius 2 is 1.96 bits per heavy atom. The highest BCUT2D eigenvalue weighted by Crippen LogP contribution is 2.30. The predicted molar refractivity (Wildman–Crippen MR) is 106 cm³/mol. The maximum Gasteiger partial charge on any atom is 0.287 e. The van der Waals surface area contributed by atoms with E-state index in [1.807, 2.05) is 48.5 Å². The van der Waals surface area contributed by atoms with Gasteiger partial charge >= 0.3 is 0 Å². The molecule has 1 heterocycles. The van der Waals surface area contributed by atoms with Crippen molar-refractivity contribution in [2.24, 2.45) is 5.10 Å². The molecule has 0 amide bonds. The van der Waals surface area contributed by atoms with Crippen LogP contribution in [0.3, 0.4) is 0 Å². The van der Waals surface area contributed by atoms with Gasteiger partial charge in [-0.25, -0.2) is 4.98 Å². The number of aromatic nitrogens is 1. The Bertz CT molecular complexity index is 960. The highest BCUT2D eigenvalue weighted by atomic mass is 16.6. The van der Waals surface area contributed by atoms with Gasteiger partial charge in [-0.3, -0.25) is 15.5 Å². The SMILES string of the molecule is COc1cccc(/C=N\Nc2ccc([N+](=O)[O-])cn2)c1OCc1ccccc1. The molecule has 8 nitrogen and oxygen atoms in total. The van der Waals surface area contributed by atoms with Crippen LogP contribution in [0.15, 0.2) is 72.0 Å². The zero-order valence-corrected chi connectivity index (χ0v) is 15.1. The normalized spacial score (nSPS) is 10.6. The van der Waals surface area contributed by atoms with Crippen LogP contribution in [0.1, 0.15) is 11.1 Å². The molecule has 0 aliphatic rings. The Morgan fingerprint density at radius 1 is 1.14 bits per heavy atom. The highest BCUT2D eigenvalue weighted by Gasteiger charge is 2.10. The number of benzene rings is 2. The maximum absolute atomic E-state index is 10.7. The predicted octanol–water partition coefficient (Wildman–Crippen LogP) is 4.02. The molecule has 1 aromatic heterocycles. The van der Waals surface area contributed by atoms with Crippen LogP contribution in [0.4, 0.5) is 11.5 Å². The molecule has 28 heavy (non-hydrogen) atoms. The molecule has 0 saturated carbocycles. The molecule has 0 spiro atoms. The van der Waals surface area contributed by atoms with Crippen LogP contribution in [0.2, 0.25) is 0 Å². The smallest absolute Gasteiger partial charge is 0.287 e. The molecule has 0 aliphatic heterocycles. The van der Waals surface area contributed by atoms with Crippen molar-refractivity contribution in [3.8, 4) is 11.5 Å². The first-order chi connectivity index (χ1) is 13.7. The molecular weight excluding hydrogens is 360 g/mol. The van der Waals surface area contributed by atoms with Crippen LogP contribution in [0.25, 0.3) is 0 Å². The summed E-state index contributed by atoms with van der Waals surface area (Å²) in [4.78, 5) is 14.1. The Hall–Kier alpha value is -3.94. The summed E-state index contributed by atoms with van der Waals surface area (Å²) in [6.45, 7) is 0.388. The van der Waals surface area contributed by atoms with Crippen molar-refractivity contribution in [1.82, 2.24) is 4.98 Å². The van der Waals surface area contributed by atoms with Gasteiger partial charge in [-0.1, -0.05) is 36.4 Å². The summed E-state index contributed by atoms with van der Waals surface area (Å²) in [6.07, 6.45) is 2.74. The number of hydrogen-bond acceptors (Lipinski definition) is 7. The second-order valence-corrected chi connectivity index (χ2v) is 5.68. The van der Waals surface area contributed by atoms with E-state index in [1.54, 1.807) is 13.3 Å². The van der Waals surface area contributed by atoms with Crippen LogP contribution in [-0.4, -0.2) is 23.2 Å². The second-order valence-electron chi connectivity index (χ2n) is 5.68. The minimum atomic E-state index is -0.507. The number of hydrazone groups is 1. The van der Waals surface area contributed by atoms with Crippen molar-refractivity contribution in [2.75, 3.05) is 12.5 Å². The van der Waals surface area contributed by atoms with Gasteiger partial charge in [-0.2, -0.15) is 5.10 Å². The summed E-state index contributed by atoms with van der Waals surface area (Å²) in [5, 5.41) is 14.8. The van der Waals surface area contributed by atoms with E-state index in [4.69, 9.17) is 9.47 Å². The van der Waals surface area contributed by atoms with E-state index in [1.165, 1.54) is 12.1 Å². The third-order valence-electron chi connectivity index (χ3n) is 3.80. The largest absolute Gasteiger partial charge is 0.493 e. The van der Waals surface area contributed by atoms with E-state index in [2.05, 4.69) is 15.5 Å². The number of rotatable bonds is 8. The average Bonchev–Trinajstić information content (AvgIpc) is 2.73. The van der Waals surface area contributed by atoms with Crippen LogP contribution in [-0.2, 0) is 6.61 Å². The van der Waals surface area contributed by atoms with Gasteiger partial charge in [0.1, 0.15) is 18.6 Å². The number of anilines is 1. The summed E-state index contributed by atoms with van der Waals surface area (Å²) in [5.74, 6) is 1.54. The number of nitrogens with zero attached hydrogens (tertiary/aromatic N) is 3. The summed E-state index contributed by atoms with van der Waals surface area (Å²) in [5.41, 5.74) is 4.40. The first kappa shape index (κ1) is 18.8. The lowest BCUT2D eigenvalue weighted by Crippen LogP contribution is -2.01. The molecule has 8 heteroatoms. The van der Waals surface area contributed by atoms with Crippen LogP contribution >= 0.6 is 0 Å². The lowest BCUT2D eigenvalue weighted by atomic mass is 10.2. The standard InChI is InChI=1S/C20H18N4O4/c1-27-18-9-5-8-16(20(18)28-14-15-6-3-2-4-7-15)12-22-23-19-11-10-17(13-21-19)24(25)26/h2-13H,14H2,1H3,(H,21,23)/b22-12-. The lowest BCUT2D eigenvalue weighted by Gasteiger charge is -2.13. The van der Waals surface area contributed by atoms with E-state index >= 15 is 0 Å². The molecule has 3 rings (SSSR count). The van der Waals surface area contributed by atoms with Gasteiger partial charge in [0.05, 0.1) is 18.2 Å². The number of para-hydroxylation sites is 1. The Labute approximate surface area is 161 Å². The Kier molecular flexibility index (Phi) is 6.14. The molecule has 0 atom stereocenters. The molecular formula is C20H18N4O4. The quantitative estimate of drug-likeness (QED) is 0.361. The van der Waals surface area contributed by atoms with E-state index < -0.39 is 4.92 Å². The second kappa shape index (κ2) is 9.13. The fourth-order valence-electron chi connectivity index (χ4n) is 2.41. The van der Waals surface area contributed by atoms with Crippen LogP contribution < -0.4 is 14.9 Å². The maximum atomic E-state index is 10.7. The van der Waals surface area contributed by atoms with Crippen molar-refractivity contribution < 1.29 is 14.4 Å². The topological polar surface area (TPSA) is 98.9 Å². The third-order valence-corrected chi connectivity index (χ3v) is 3.80. The van der Waals surface area contributed by atoms with Gasteiger partial charge < -0.3 is 9.47 Å². The highest BCUT2D eigenvalue weighted by molar-refractivity contribution is 5.85. The molecule has 0 saturated heterocycles. The van der Waals surface area contributed by atoms with Gasteiger partial charge in [0.25, 0.3) is 5.69 Å².